The molecule has 1 heterocycles. The van der Waals surface area contributed by atoms with Crippen molar-refractivity contribution in [1.29, 1.82) is 0 Å². The number of carbonyl (C=O) groups excluding carboxylic acids is 1. The molecule has 0 saturated carbocycles. The van der Waals surface area contributed by atoms with Gasteiger partial charge in [-0.1, -0.05) is 30.3 Å². The molecule has 1 saturated heterocycles. The Morgan fingerprint density at radius 1 is 1.32 bits per heavy atom. The van der Waals surface area contributed by atoms with Crippen molar-refractivity contribution >= 4 is 23.4 Å². The predicted molar refractivity (Wildman–Crippen MR) is 75.6 cm³/mol. The van der Waals surface area contributed by atoms with Gasteiger partial charge >= 0.3 is 5.97 Å². The average molecular weight is 279 g/mol. The van der Waals surface area contributed by atoms with Crippen molar-refractivity contribution in [1.82, 2.24) is 5.32 Å². The summed E-state index contributed by atoms with van der Waals surface area (Å²) in [5.41, 5.74) is 0.357. The van der Waals surface area contributed by atoms with Crippen molar-refractivity contribution in [2.24, 2.45) is 0 Å². The second-order valence-electron chi connectivity index (χ2n) is 5.39. The van der Waals surface area contributed by atoms with Gasteiger partial charge in [-0.3, -0.25) is 0 Å². The quantitative estimate of drug-likeness (QED) is 0.665. The molecular weight excluding hydrogens is 262 g/mol. The third-order valence-corrected chi connectivity index (χ3v) is 2.81. The van der Waals surface area contributed by atoms with Crippen LogP contribution >= 0.6 is 12.2 Å². The molecule has 1 fully saturated rings. The van der Waals surface area contributed by atoms with E-state index in [1.54, 1.807) is 0 Å². The Labute approximate surface area is 118 Å². The van der Waals surface area contributed by atoms with Crippen molar-refractivity contribution < 1.29 is 14.3 Å². The number of rotatable bonds is 2. The van der Waals surface area contributed by atoms with Crippen LogP contribution in [0, 0.1) is 0 Å². The summed E-state index contributed by atoms with van der Waals surface area (Å²) in [7, 11) is 0. The predicted octanol–water partition coefficient (Wildman–Crippen LogP) is 2.34. The Balaban J connectivity index is 2.19. The van der Waals surface area contributed by atoms with Gasteiger partial charge in [0, 0.05) is 0 Å². The molecule has 2 rings (SSSR count). The molecule has 4 nitrogen and oxygen atoms in total. The lowest BCUT2D eigenvalue weighted by Crippen LogP contribution is -2.40. The Hall–Kier alpha value is -1.62. The zero-order valence-electron chi connectivity index (χ0n) is 11.2. The van der Waals surface area contributed by atoms with E-state index >= 15 is 0 Å². The molecule has 0 aromatic heterocycles. The summed E-state index contributed by atoms with van der Waals surface area (Å²) in [4.78, 5) is 12.2. The Bertz CT molecular complexity index is 481. The number of hydrogen-bond donors (Lipinski definition) is 1. The van der Waals surface area contributed by atoms with Crippen LogP contribution in [0.15, 0.2) is 30.3 Å². The van der Waals surface area contributed by atoms with Crippen LogP contribution in [0.25, 0.3) is 0 Å². The highest BCUT2D eigenvalue weighted by atomic mass is 32.1. The van der Waals surface area contributed by atoms with Gasteiger partial charge in [0.2, 0.25) is 0 Å². The Kier molecular flexibility index (Phi) is 3.75. The SMILES string of the molecule is CC(C)(C)OC(=O)[C@@H]1NC(=S)O[C@H]1c1ccccc1. The minimum atomic E-state index is -0.603. The lowest BCUT2D eigenvalue weighted by Gasteiger charge is -2.23. The van der Waals surface area contributed by atoms with E-state index in [1.165, 1.54) is 0 Å². The zero-order chi connectivity index (χ0) is 14.0. The fourth-order valence-corrected chi connectivity index (χ4v) is 2.10. The van der Waals surface area contributed by atoms with Crippen LogP contribution in [-0.4, -0.2) is 22.8 Å². The van der Waals surface area contributed by atoms with Crippen LogP contribution < -0.4 is 5.32 Å². The number of esters is 1. The van der Waals surface area contributed by atoms with Crippen LogP contribution in [0.1, 0.15) is 32.4 Å². The van der Waals surface area contributed by atoms with Gasteiger partial charge in [0.1, 0.15) is 5.60 Å². The fourth-order valence-electron chi connectivity index (χ4n) is 1.87. The van der Waals surface area contributed by atoms with E-state index < -0.39 is 17.7 Å². The minimum Gasteiger partial charge on any atom is -0.460 e. The van der Waals surface area contributed by atoms with E-state index in [9.17, 15) is 4.79 Å². The van der Waals surface area contributed by atoms with Crippen molar-refractivity contribution in [2.45, 2.75) is 38.5 Å². The molecule has 1 aliphatic rings. The molecule has 1 aromatic carbocycles. The van der Waals surface area contributed by atoms with E-state index in [-0.39, 0.29) is 11.1 Å². The third kappa shape index (κ3) is 3.44. The number of nitrogens with one attached hydrogen (secondary N) is 1. The molecule has 0 unspecified atom stereocenters. The van der Waals surface area contributed by atoms with Gasteiger partial charge in [-0.15, -0.1) is 0 Å². The first kappa shape index (κ1) is 13.8. The van der Waals surface area contributed by atoms with E-state index in [2.05, 4.69) is 5.32 Å². The topological polar surface area (TPSA) is 47.6 Å². The fraction of sp³-hybridized carbons (Fsp3) is 0.429. The highest BCUT2D eigenvalue weighted by Gasteiger charge is 2.40. The van der Waals surface area contributed by atoms with E-state index in [4.69, 9.17) is 21.7 Å². The summed E-state index contributed by atoms with van der Waals surface area (Å²) in [6, 6.07) is 8.90. The van der Waals surface area contributed by atoms with Gasteiger partial charge in [-0.25, -0.2) is 4.79 Å². The second kappa shape index (κ2) is 5.17. The highest BCUT2D eigenvalue weighted by Crippen LogP contribution is 2.28. The molecule has 2 atom stereocenters. The first-order chi connectivity index (χ1) is 8.87. The number of carbonyl (C=O) groups is 1. The highest BCUT2D eigenvalue weighted by molar-refractivity contribution is 7.80. The van der Waals surface area contributed by atoms with Gasteiger partial charge in [0.25, 0.3) is 5.17 Å². The minimum absolute atomic E-state index is 0.227. The van der Waals surface area contributed by atoms with Crippen molar-refractivity contribution in [3.8, 4) is 0 Å². The van der Waals surface area contributed by atoms with Gasteiger partial charge in [-0.2, -0.15) is 0 Å². The van der Waals surface area contributed by atoms with Crippen LogP contribution in [0.5, 0.6) is 0 Å². The molecular formula is C14H17NO3S. The maximum Gasteiger partial charge on any atom is 0.333 e. The molecule has 5 heteroatoms. The molecule has 1 N–H and O–H groups in total. The summed E-state index contributed by atoms with van der Waals surface area (Å²) in [5.74, 6) is -0.360. The zero-order valence-corrected chi connectivity index (χ0v) is 12.0. The molecule has 0 spiro atoms. The van der Waals surface area contributed by atoms with E-state index in [0.717, 1.165) is 5.56 Å². The Morgan fingerprint density at radius 3 is 2.53 bits per heavy atom. The molecule has 1 aromatic rings. The van der Waals surface area contributed by atoms with Crippen molar-refractivity contribution in [3.05, 3.63) is 35.9 Å². The van der Waals surface area contributed by atoms with Crippen LogP contribution in [0.2, 0.25) is 0 Å². The first-order valence-corrected chi connectivity index (χ1v) is 6.52. The maximum atomic E-state index is 12.2. The molecule has 1 aliphatic heterocycles. The lowest BCUT2D eigenvalue weighted by atomic mass is 10.0. The summed E-state index contributed by atoms with van der Waals surface area (Å²) < 4.78 is 10.9. The van der Waals surface area contributed by atoms with E-state index in [1.807, 2.05) is 51.1 Å². The van der Waals surface area contributed by atoms with Crippen LogP contribution in [0.3, 0.4) is 0 Å². The normalized spacial score (nSPS) is 22.6. The molecule has 0 radical (unpaired) electrons. The molecule has 19 heavy (non-hydrogen) atoms. The number of hydrogen-bond acceptors (Lipinski definition) is 4. The van der Waals surface area contributed by atoms with Gasteiger partial charge in [-0.05, 0) is 38.6 Å². The molecule has 0 amide bonds. The number of ether oxygens (including phenoxy) is 2. The van der Waals surface area contributed by atoms with Crippen LogP contribution in [0.4, 0.5) is 0 Å². The first-order valence-electron chi connectivity index (χ1n) is 6.12. The summed E-state index contributed by atoms with van der Waals surface area (Å²) in [6.07, 6.45) is -0.441. The third-order valence-electron chi connectivity index (χ3n) is 2.60. The van der Waals surface area contributed by atoms with E-state index in [0.29, 0.717) is 0 Å². The lowest BCUT2D eigenvalue weighted by molar-refractivity contribution is -0.158. The van der Waals surface area contributed by atoms with Crippen molar-refractivity contribution in [3.63, 3.8) is 0 Å². The van der Waals surface area contributed by atoms with Crippen molar-refractivity contribution in [2.75, 3.05) is 0 Å². The maximum absolute atomic E-state index is 12.2. The Morgan fingerprint density at radius 2 is 1.95 bits per heavy atom. The molecule has 0 bridgehead atoms. The standard InChI is InChI=1S/C14H17NO3S/c1-14(2,3)18-12(16)10-11(17-13(19)15-10)9-7-5-4-6-8-9/h4-8,10-11H,1-3H3,(H,15,19)/t10-,11+/m1/s1. The summed E-state index contributed by atoms with van der Waals surface area (Å²) in [5, 5.41) is 3.09. The number of benzene rings is 1. The summed E-state index contributed by atoms with van der Waals surface area (Å²) >= 11 is 4.99. The smallest absolute Gasteiger partial charge is 0.333 e. The monoisotopic (exact) mass is 279 g/mol. The average Bonchev–Trinajstić information content (AvgIpc) is 2.70. The van der Waals surface area contributed by atoms with Gasteiger partial charge in [0.05, 0.1) is 0 Å². The van der Waals surface area contributed by atoms with Crippen LogP contribution in [-0.2, 0) is 14.3 Å². The number of thiocarbonyl (C=S) groups is 1. The molecule has 0 aliphatic carbocycles. The largest absolute Gasteiger partial charge is 0.460 e. The second-order valence-corrected chi connectivity index (χ2v) is 5.76. The summed E-state index contributed by atoms with van der Waals surface area (Å²) in [6.45, 7) is 5.49. The van der Waals surface area contributed by atoms with Gasteiger partial charge < -0.3 is 14.8 Å². The van der Waals surface area contributed by atoms with Gasteiger partial charge in [0.15, 0.2) is 12.1 Å². The molecule has 102 valence electrons.